The van der Waals surface area contributed by atoms with E-state index in [0.717, 1.165) is 0 Å². The maximum atomic E-state index is 2.50. The second kappa shape index (κ2) is 8.19. The minimum absolute atomic E-state index is 0.134. The average molecular weight is 327 g/mol. The van der Waals surface area contributed by atoms with Gasteiger partial charge in [-0.25, -0.2) is 0 Å². The summed E-state index contributed by atoms with van der Waals surface area (Å²) in [5.74, 6) is 0.715. The Balaban J connectivity index is 0.00000139. The van der Waals surface area contributed by atoms with Crippen LogP contribution in [0.2, 0.25) is 0 Å². The molecule has 1 aromatic rings. The lowest BCUT2D eigenvalue weighted by Gasteiger charge is -2.28. The van der Waals surface area contributed by atoms with Crippen molar-refractivity contribution in [2.45, 2.75) is 80.6 Å². The first-order valence-corrected chi connectivity index (χ1v) is 9.65. The molecule has 0 heterocycles. The lowest BCUT2D eigenvalue weighted by molar-refractivity contribution is 0.387. The molecule has 0 aliphatic heterocycles. The molecule has 0 bridgehead atoms. The molecule has 1 saturated carbocycles. The summed E-state index contributed by atoms with van der Waals surface area (Å²) >= 11 is 0. The Morgan fingerprint density at radius 2 is 1.54 bits per heavy atom. The summed E-state index contributed by atoms with van der Waals surface area (Å²) < 4.78 is 0. The van der Waals surface area contributed by atoms with Crippen LogP contribution >= 0.6 is 0 Å². The SMILES string of the molecule is C/C=C1\C(=C/CC(C)C)C(C)(C)CC1(C)c1ccc(C)cc1.CC. The molecule has 1 aliphatic rings. The molecular weight excluding hydrogens is 288 g/mol. The Kier molecular flexibility index (Phi) is 7.08. The van der Waals surface area contributed by atoms with Gasteiger partial charge in [0, 0.05) is 5.41 Å². The summed E-state index contributed by atoms with van der Waals surface area (Å²) in [5.41, 5.74) is 6.26. The Morgan fingerprint density at radius 1 is 1.00 bits per heavy atom. The predicted molar refractivity (Wildman–Crippen MR) is 110 cm³/mol. The molecule has 0 nitrogen and oxygen atoms in total. The van der Waals surface area contributed by atoms with Crippen LogP contribution in [-0.2, 0) is 5.41 Å². The van der Waals surface area contributed by atoms with Crippen molar-refractivity contribution in [3.8, 4) is 0 Å². The molecule has 1 unspecified atom stereocenters. The third-order valence-electron chi connectivity index (χ3n) is 5.18. The van der Waals surface area contributed by atoms with Crippen LogP contribution in [0.3, 0.4) is 0 Å². The van der Waals surface area contributed by atoms with Crippen LogP contribution in [0.4, 0.5) is 0 Å². The van der Waals surface area contributed by atoms with Crippen molar-refractivity contribution >= 4 is 0 Å². The highest BCUT2D eigenvalue weighted by atomic mass is 14.5. The number of rotatable bonds is 3. The normalized spacial score (nSPS) is 25.9. The summed E-state index contributed by atoms with van der Waals surface area (Å²) in [7, 11) is 0. The van der Waals surface area contributed by atoms with Gasteiger partial charge in [-0.2, -0.15) is 0 Å². The monoisotopic (exact) mass is 326 g/mol. The first-order valence-electron chi connectivity index (χ1n) is 9.65. The molecule has 1 atom stereocenters. The van der Waals surface area contributed by atoms with E-state index in [2.05, 4.69) is 84.9 Å². The molecule has 1 aliphatic carbocycles. The smallest absolute Gasteiger partial charge is 0.0182 e. The maximum Gasteiger partial charge on any atom is 0.0182 e. The van der Waals surface area contributed by atoms with Gasteiger partial charge in [-0.1, -0.05) is 90.4 Å². The number of benzene rings is 1. The van der Waals surface area contributed by atoms with Crippen molar-refractivity contribution in [2.75, 3.05) is 0 Å². The first-order chi connectivity index (χ1) is 11.2. The van der Waals surface area contributed by atoms with Crippen LogP contribution in [0, 0.1) is 18.3 Å². The van der Waals surface area contributed by atoms with E-state index in [4.69, 9.17) is 0 Å². The molecule has 24 heavy (non-hydrogen) atoms. The molecule has 0 N–H and O–H groups in total. The summed E-state index contributed by atoms with van der Waals surface area (Å²) in [4.78, 5) is 0. The second-order valence-electron chi connectivity index (χ2n) is 8.21. The topological polar surface area (TPSA) is 0 Å². The zero-order chi connectivity index (χ0) is 18.5. The van der Waals surface area contributed by atoms with Crippen molar-refractivity contribution in [2.24, 2.45) is 11.3 Å². The van der Waals surface area contributed by atoms with Crippen molar-refractivity contribution in [3.63, 3.8) is 0 Å². The zero-order valence-electron chi connectivity index (χ0n) is 17.5. The summed E-state index contributed by atoms with van der Waals surface area (Å²) in [5, 5.41) is 0. The van der Waals surface area contributed by atoms with Gasteiger partial charge in [0.2, 0.25) is 0 Å². The average Bonchev–Trinajstić information content (AvgIpc) is 2.73. The Hall–Kier alpha value is -1.30. The minimum atomic E-state index is 0.134. The molecule has 1 fully saturated rings. The molecule has 0 heteroatoms. The van der Waals surface area contributed by atoms with Gasteiger partial charge in [-0.15, -0.1) is 0 Å². The molecule has 0 radical (unpaired) electrons. The number of aryl methyl sites for hydroxylation is 1. The summed E-state index contributed by atoms with van der Waals surface area (Å²) in [6, 6.07) is 9.13. The van der Waals surface area contributed by atoms with E-state index in [0.29, 0.717) is 5.92 Å². The molecule has 0 aromatic heterocycles. The van der Waals surface area contributed by atoms with E-state index < -0.39 is 0 Å². The lowest BCUT2D eigenvalue weighted by atomic mass is 9.75. The first kappa shape index (κ1) is 20.7. The van der Waals surface area contributed by atoms with E-state index in [9.17, 15) is 0 Å². The van der Waals surface area contributed by atoms with Crippen molar-refractivity contribution in [3.05, 3.63) is 58.7 Å². The highest BCUT2D eigenvalue weighted by Crippen LogP contribution is 2.57. The standard InChI is InChI=1S/C22H32.C2H6/c1-8-19-20(14-9-16(2)3)21(5,6)15-22(19,7)18-12-10-17(4)11-13-18;1-2/h8,10-14,16H,9,15H2,1-7H3;1-2H3/b19-8+,20-14+;. The van der Waals surface area contributed by atoms with Crippen LogP contribution in [-0.4, -0.2) is 0 Å². The minimum Gasteiger partial charge on any atom is -0.0833 e. The summed E-state index contributed by atoms with van der Waals surface area (Å²) in [6.45, 7) is 20.2. The van der Waals surface area contributed by atoms with Gasteiger partial charge in [-0.05, 0) is 54.7 Å². The Morgan fingerprint density at radius 3 is 2.00 bits per heavy atom. The van der Waals surface area contributed by atoms with Crippen LogP contribution in [0.5, 0.6) is 0 Å². The molecule has 134 valence electrons. The van der Waals surface area contributed by atoms with E-state index in [1.807, 2.05) is 13.8 Å². The number of hydrogen-bond donors (Lipinski definition) is 0. The van der Waals surface area contributed by atoms with Crippen LogP contribution in [0.15, 0.2) is 47.6 Å². The fraction of sp³-hybridized carbons (Fsp3) is 0.583. The van der Waals surface area contributed by atoms with Crippen LogP contribution in [0.1, 0.15) is 79.4 Å². The zero-order valence-corrected chi connectivity index (χ0v) is 17.5. The molecule has 0 saturated heterocycles. The van der Waals surface area contributed by atoms with Gasteiger partial charge in [0.25, 0.3) is 0 Å². The molecular formula is C24H38. The molecule has 0 spiro atoms. The third-order valence-corrected chi connectivity index (χ3v) is 5.18. The molecule has 1 aromatic carbocycles. The Labute approximate surface area is 151 Å². The quantitative estimate of drug-likeness (QED) is 0.535. The van der Waals surface area contributed by atoms with E-state index in [-0.39, 0.29) is 10.8 Å². The fourth-order valence-electron chi connectivity index (χ4n) is 4.13. The van der Waals surface area contributed by atoms with E-state index in [1.165, 1.54) is 29.5 Å². The van der Waals surface area contributed by atoms with E-state index >= 15 is 0 Å². The second-order valence-corrected chi connectivity index (χ2v) is 8.21. The maximum absolute atomic E-state index is 2.50. The highest BCUT2D eigenvalue weighted by Gasteiger charge is 2.47. The van der Waals surface area contributed by atoms with Gasteiger partial charge < -0.3 is 0 Å². The van der Waals surface area contributed by atoms with Crippen molar-refractivity contribution in [1.29, 1.82) is 0 Å². The van der Waals surface area contributed by atoms with Gasteiger partial charge >= 0.3 is 0 Å². The predicted octanol–water partition coefficient (Wildman–Crippen LogP) is 7.63. The van der Waals surface area contributed by atoms with Gasteiger partial charge in [0.1, 0.15) is 0 Å². The van der Waals surface area contributed by atoms with Crippen LogP contribution < -0.4 is 0 Å². The molecule has 0 amide bonds. The van der Waals surface area contributed by atoms with Crippen LogP contribution in [0.25, 0.3) is 0 Å². The van der Waals surface area contributed by atoms with Crippen molar-refractivity contribution < 1.29 is 0 Å². The highest BCUT2D eigenvalue weighted by molar-refractivity contribution is 5.54. The van der Waals surface area contributed by atoms with Crippen molar-refractivity contribution in [1.82, 2.24) is 0 Å². The number of allylic oxidation sites excluding steroid dienone is 4. The van der Waals surface area contributed by atoms with E-state index in [1.54, 1.807) is 5.57 Å². The lowest BCUT2D eigenvalue weighted by Crippen LogP contribution is -2.21. The summed E-state index contributed by atoms with van der Waals surface area (Å²) in [6.07, 6.45) is 7.20. The third kappa shape index (κ3) is 4.21. The van der Waals surface area contributed by atoms with Gasteiger partial charge in [-0.3, -0.25) is 0 Å². The largest absolute Gasteiger partial charge is 0.0833 e. The van der Waals surface area contributed by atoms with Gasteiger partial charge in [0.05, 0.1) is 0 Å². The Bertz CT molecular complexity index is 581. The fourth-order valence-corrected chi connectivity index (χ4v) is 4.13. The number of hydrogen-bond acceptors (Lipinski definition) is 0. The van der Waals surface area contributed by atoms with Gasteiger partial charge in [0.15, 0.2) is 0 Å². The molecule has 2 rings (SSSR count).